The second-order valence-electron chi connectivity index (χ2n) is 5.81. The van der Waals surface area contributed by atoms with Gasteiger partial charge in [0.15, 0.2) is 0 Å². The molecule has 0 heterocycles. The number of hydrogen-bond acceptors (Lipinski definition) is 4. The van der Waals surface area contributed by atoms with E-state index in [0.29, 0.717) is 26.0 Å². The Hall–Kier alpha value is -2.86. The van der Waals surface area contributed by atoms with E-state index in [9.17, 15) is 9.59 Å². The number of carbonyl (C=O) groups excluding carboxylic acids is 2. The average Bonchev–Trinajstić information content (AvgIpc) is 2.67. The SMILES string of the molecule is COCCNC(=O)CNc1ccc(NC(=O)CCc2ccccc2)cc1. The van der Waals surface area contributed by atoms with Crippen molar-refractivity contribution in [2.75, 3.05) is 37.4 Å². The van der Waals surface area contributed by atoms with Crippen molar-refractivity contribution in [3.8, 4) is 0 Å². The molecule has 0 fully saturated rings. The Morgan fingerprint density at radius 3 is 2.31 bits per heavy atom. The molecule has 26 heavy (non-hydrogen) atoms. The number of methoxy groups -OCH3 is 1. The maximum absolute atomic E-state index is 12.0. The van der Waals surface area contributed by atoms with Crippen LogP contribution in [0, 0.1) is 0 Å². The fourth-order valence-electron chi connectivity index (χ4n) is 2.33. The topological polar surface area (TPSA) is 79.5 Å². The van der Waals surface area contributed by atoms with Crippen molar-refractivity contribution in [2.24, 2.45) is 0 Å². The predicted molar refractivity (Wildman–Crippen MR) is 103 cm³/mol. The third-order valence-corrected chi connectivity index (χ3v) is 3.73. The highest BCUT2D eigenvalue weighted by Crippen LogP contribution is 2.14. The second kappa shape index (κ2) is 10.9. The van der Waals surface area contributed by atoms with Crippen molar-refractivity contribution >= 4 is 23.2 Å². The molecule has 2 aromatic carbocycles. The van der Waals surface area contributed by atoms with Gasteiger partial charge < -0.3 is 20.7 Å². The zero-order chi connectivity index (χ0) is 18.6. The molecule has 0 saturated carbocycles. The van der Waals surface area contributed by atoms with Gasteiger partial charge in [0.25, 0.3) is 0 Å². The summed E-state index contributed by atoms with van der Waals surface area (Å²) in [6.45, 7) is 1.17. The van der Waals surface area contributed by atoms with Crippen LogP contribution in [0.4, 0.5) is 11.4 Å². The first-order chi connectivity index (χ1) is 12.7. The maximum atomic E-state index is 12.0. The van der Waals surface area contributed by atoms with Gasteiger partial charge in [0.1, 0.15) is 0 Å². The number of nitrogens with one attached hydrogen (secondary N) is 3. The van der Waals surface area contributed by atoms with Crippen LogP contribution < -0.4 is 16.0 Å². The maximum Gasteiger partial charge on any atom is 0.239 e. The molecule has 0 atom stereocenters. The lowest BCUT2D eigenvalue weighted by atomic mass is 10.1. The number of rotatable bonds is 10. The Labute approximate surface area is 153 Å². The number of anilines is 2. The Bertz CT molecular complexity index is 687. The number of aryl methyl sites for hydroxylation is 1. The molecule has 0 bridgehead atoms. The third kappa shape index (κ3) is 7.36. The summed E-state index contributed by atoms with van der Waals surface area (Å²) >= 11 is 0. The van der Waals surface area contributed by atoms with Crippen molar-refractivity contribution in [2.45, 2.75) is 12.8 Å². The Morgan fingerprint density at radius 2 is 1.62 bits per heavy atom. The fourth-order valence-corrected chi connectivity index (χ4v) is 2.33. The minimum atomic E-state index is -0.0969. The van der Waals surface area contributed by atoms with Crippen LogP contribution in [0.15, 0.2) is 54.6 Å². The van der Waals surface area contributed by atoms with Crippen molar-refractivity contribution in [3.05, 3.63) is 60.2 Å². The van der Waals surface area contributed by atoms with Crippen molar-refractivity contribution in [1.82, 2.24) is 5.32 Å². The fraction of sp³-hybridized carbons (Fsp3) is 0.300. The number of amides is 2. The van der Waals surface area contributed by atoms with E-state index in [2.05, 4.69) is 16.0 Å². The molecular formula is C20H25N3O3. The smallest absolute Gasteiger partial charge is 0.239 e. The van der Waals surface area contributed by atoms with Gasteiger partial charge in [-0.05, 0) is 36.2 Å². The van der Waals surface area contributed by atoms with Crippen molar-refractivity contribution in [3.63, 3.8) is 0 Å². The lowest BCUT2D eigenvalue weighted by molar-refractivity contribution is -0.119. The molecule has 6 nitrogen and oxygen atoms in total. The van der Waals surface area contributed by atoms with Gasteiger partial charge in [-0.2, -0.15) is 0 Å². The minimum Gasteiger partial charge on any atom is -0.383 e. The number of benzene rings is 2. The monoisotopic (exact) mass is 355 g/mol. The van der Waals surface area contributed by atoms with E-state index < -0.39 is 0 Å². The molecule has 6 heteroatoms. The van der Waals surface area contributed by atoms with E-state index in [0.717, 1.165) is 16.9 Å². The molecule has 0 saturated heterocycles. The normalized spacial score (nSPS) is 10.2. The van der Waals surface area contributed by atoms with Crippen LogP contribution in [-0.2, 0) is 20.7 Å². The molecule has 0 spiro atoms. The lowest BCUT2D eigenvalue weighted by Crippen LogP contribution is -2.32. The van der Waals surface area contributed by atoms with Gasteiger partial charge in [0.2, 0.25) is 11.8 Å². The number of carbonyl (C=O) groups is 2. The first kappa shape index (κ1) is 19.5. The highest BCUT2D eigenvalue weighted by molar-refractivity contribution is 5.91. The van der Waals surface area contributed by atoms with E-state index in [1.807, 2.05) is 54.6 Å². The Balaban J connectivity index is 1.71. The van der Waals surface area contributed by atoms with Gasteiger partial charge in [-0.25, -0.2) is 0 Å². The summed E-state index contributed by atoms with van der Waals surface area (Å²) < 4.78 is 4.87. The average molecular weight is 355 g/mol. The minimum absolute atomic E-state index is 0.0212. The summed E-state index contributed by atoms with van der Waals surface area (Å²) in [5.74, 6) is -0.118. The highest BCUT2D eigenvalue weighted by atomic mass is 16.5. The molecule has 2 aromatic rings. The van der Waals surface area contributed by atoms with E-state index in [1.165, 1.54) is 0 Å². The summed E-state index contributed by atoms with van der Waals surface area (Å²) in [6.07, 6.45) is 1.15. The van der Waals surface area contributed by atoms with E-state index in [4.69, 9.17) is 4.74 Å². The van der Waals surface area contributed by atoms with Crippen LogP contribution >= 0.6 is 0 Å². The molecule has 2 amide bonds. The van der Waals surface area contributed by atoms with Crippen molar-refractivity contribution in [1.29, 1.82) is 0 Å². The molecule has 3 N–H and O–H groups in total. The van der Waals surface area contributed by atoms with Crippen LogP contribution in [0.3, 0.4) is 0 Å². The summed E-state index contributed by atoms with van der Waals surface area (Å²) in [7, 11) is 1.59. The summed E-state index contributed by atoms with van der Waals surface area (Å²) in [5, 5.41) is 8.65. The van der Waals surface area contributed by atoms with Gasteiger partial charge in [-0.15, -0.1) is 0 Å². The molecule has 0 unspecified atom stereocenters. The van der Waals surface area contributed by atoms with Crippen LogP contribution in [0.25, 0.3) is 0 Å². The van der Waals surface area contributed by atoms with Crippen LogP contribution in [0.2, 0.25) is 0 Å². The van der Waals surface area contributed by atoms with E-state index in [-0.39, 0.29) is 18.4 Å². The van der Waals surface area contributed by atoms with Crippen LogP contribution in [-0.4, -0.2) is 38.6 Å². The molecule has 0 aliphatic rings. The highest BCUT2D eigenvalue weighted by Gasteiger charge is 2.04. The molecular weight excluding hydrogens is 330 g/mol. The Morgan fingerprint density at radius 1 is 0.923 bits per heavy atom. The zero-order valence-electron chi connectivity index (χ0n) is 15.0. The van der Waals surface area contributed by atoms with Gasteiger partial charge in [-0.3, -0.25) is 9.59 Å². The second-order valence-corrected chi connectivity index (χ2v) is 5.81. The molecule has 0 aliphatic carbocycles. The molecule has 0 aliphatic heterocycles. The first-order valence-electron chi connectivity index (χ1n) is 8.60. The molecule has 138 valence electrons. The molecule has 2 rings (SSSR count). The van der Waals surface area contributed by atoms with Gasteiger partial charge in [0, 0.05) is 31.5 Å². The van der Waals surface area contributed by atoms with Gasteiger partial charge in [-0.1, -0.05) is 30.3 Å². The van der Waals surface area contributed by atoms with Crippen LogP contribution in [0.5, 0.6) is 0 Å². The van der Waals surface area contributed by atoms with Crippen LogP contribution in [0.1, 0.15) is 12.0 Å². The molecule has 0 radical (unpaired) electrons. The van der Waals surface area contributed by atoms with Crippen molar-refractivity contribution < 1.29 is 14.3 Å². The summed E-state index contributed by atoms with van der Waals surface area (Å²) in [5.41, 5.74) is 2.69. The quantitative estimate of drug-likeness (QED) is 0.572. The Kier molecular flexibility index (Phi) is 8.15. The van der Waals surface area contributed by atoms with Gasteiger partial charge >= 0.3 is 0 Å². The summed E-state index contributed by atoms with van der Waals surface area (Å²) in [4.78, 5) is 23.6. The number of ether oxygens (including phenoxy) is 1. The lowest BCUT2D eigenvalue weighted by Gasteiger charge is -2.09. The standard InChI is InChI=1S/C20H25N3O3/c1-26-14-13-21-20(25)15-22-17-8-10-18(11-9-17)23-19(24)12-7-16-5-3-2-4-6-16/h2-6,8-11,22H,7,12-15H2,1H3,(H,21,25)(H,23,24). The zero-order valence-corrected chi connectivity index (χ0v) is 15.0. The molecule has 0 aromatic heterocycles. The van der Waals surface area contributed by atoms with E-state index >= 15 is 0 Å². The largest absolute Gasteiger partial charge is 0.383 e. The first-order valence-corrected chi connectivity index (χ1v) is 8.60. The van der Waals surface area contributed by atoms with Gasteiger partial charge in [0.05, 0.1) is 13.2 Å². The number of hydrogen-bond donors (Lipinski definition) is 3. The predicted octanol–water partition coefficient (Wildman–Crippen LogP) is 2.43. The summed E-state index contributed by atoms with van der Waals surface area (Å²) in [6, 6.07) is 17.2. The third-order valence-electron chi connectivity index (χ3n) is 3.73. The van der Waals surface area contributed by atoms with E-state index in [1.54, 1.807) is 7.11 Å².